The van der Waals surface area contributed by atoms with Gasteiger partial charge < -0.3 is 15.2 Å². The summed E-state index contributed by atoms with van der Waals surface area (Å²) in [6, 6.07) is 17.0. The van der Waals surface area contributed by atoms with Gasteiger partial charge in [-0.2, -0.15) is 0 Å². The van der Waals surface area contributed by atoms with Crippen molar-refractivity contribution < 1.29 is 4.79 Å². The van der Waals surface area contributed by atoms with Crippen LogP contribution >= 0.6 is 0 Å². The Bertz CT molecular complexity index is 985. The summed E-state index contributed by atoms with van der Waals surface area (Å²) in [5.74, 6) is 4.03. The minimum atomic E-state index is -0.281. The van der Waals surface area contributed by atoms with Gasteiger partial charge in [-0.1, -0.05) is 56.3 Å². The monoisotopic (exact) mass is 386 g/mol. The molecule has 0 fully saturated rings. The van der Waals surface area contributed by atoms with Crippen molar-refractivity contribution in [1.29, 1.82) is 0 Å². The molecule has 1 heterocycles. The van der Waals surface area contributed by atoms with E-state index in [4.69, 9.17) is 6.42 Å². The number of terminal acetylenes is 1. The van der Waals surface area contributed by atoms with E-state index in [0.717, 1.165) is 22.6 Å². The van der Waals surface area contributed by atoms with Crippen LogP contribution in [0, 0.1) is 12.3 Å². The molecule has 0 aliphatic heterocycles. The molecule has 1 aromatic heterocycles. The van der Waals surface area contributed by atoms with Gasteiger partial charge >= 0.3 is 6.03 Å². The third-order valence-corrected chi connectivity index (χ3v) is 4.63. The molecular weight excluding hydrogens is 360 g/mol. The molecule has 0 aliphatic carbocycles. The third kappa shape index (κ3) is 5.49. The van der Waals surface area contributed by atoms with Gasteiger partial charge in [-0.25, -0.2) is 9.78 Å². The standard InChI is InChI=1S/C24H26N4O/c1-4-9-22(20-11-6-5-7-12-20)27-24(29)26-21-13-8-10-19(16-21)17-28-15-14-25-23(28)18(2)3/h1,5-8,10-16,18,22H,9,17H2,2-3H3,(H2,26,27,29)/t22-/m1/s1. The van der Waals surface area contributed by atoms with Crippen molar-refractivity contribution in [1.82, 2.24) is 14.9 Å². The third-order valence-electron chi connectivity index (χ3n) is 4.63. The number of carbonyl (C=O) groups excluding carboxylic acids is 1. The Morgan fingerprint density at radius 2 is 1.97 bits per heavy atom. The molecule has 29 heavy (non-hydrogen) atoms. The number of aromatic nitrogens is 2. The highest BCUT2D eigenvalue weighted by molar-refractivity contribution is 5.89. The number of hydrogen-bond acceptors (Lipinski definition) is 2. The van der Waals surface area contributed by atoms with E-state index in [-0.39, 0.29) is 12.1 Å². The number of amides is 2. The molecule has 148 valence electrons. The van der Waals surface area contributed by atoms with Gasteiger partial charge in [-0.05, 0) is 23.3 Å². The first-order valence-electron chi connectivity index (χ1n) is 9.72. The molecule has 3 aromatic rings. The second-order valence-corrected chi connectivity index (χ2v) is 7.24. The number of rotatable bonds is 7. The molecule has 3 rings (SSSR count). The second kappa shape index (κ2) is 9.61. The predicted octanol–water partition coefficient (Wildman–Crippen LogP) is 4.94. The average Bonchev–Trinajstić information content (AvgIpc) is 3.17. The van der Waals surface area contributed by atoms with Crippen molar-refractivity contribution in [2.24, 2.45) is 0 Å². The summed E-state index contributed by atoms with van der Waals surface area (Å²) < 4.78 is 2.13. The van der Waals surface area contributed by atoms with Gasteiger partial charge in [-0.3, -0.25) is 0 Å². The summed E-state index contributed by atoms with van der Waals surface area (Å²) in [7, 11) is 0. The maximum absolute atomic E-state index is 12.5. The lowest BCUT2D eigenvalue weighted by atomic mass is 10.0. The highest BCUT2D eigenvalue weighted by Gasteiger charge is 2.14. The van der Waals surface area contributed by atoms with Crippen molar-refractivity contribution in [2.75, 3.05) is 5.32 Å². The molecule has 5 heteroatoms. The van der Waals surface area contributed by atoms with Gasteiger partial charge in [0.2, 0.25) is 0 Å². The molecule has 0 unspecified atom stereocenters. The molecule has 0 radical (unpaired) electrons. The molecular formula is C24H26N4O. The number of hydrogen-bond donors (Lipinski definition) is 2. The molecule has 5 nitrogen and oxygen atoms in total. The van der Waals surface area contributed by atoms with Crippen LogP contribution in [-0.2, 0) is 6.54 Å². The van der Waals surface area contributed by atoms with Crippen LogP contribution in [0.15, 0.2) is 67.0 Å². The van der Waals surface area contributed by atoms with E-state index >= 15 is 0 Å². The summed E-state index contributed by atoms with van der Waals surface area (Å²) in [6.45, 7) is 4.95. The van der Waals surface area contributed by atoms with E-state index in [9.17, 15) is 4.79 Å². The first-order valence-corrected chi connectivity index (χ1v) is 9.72. The Hall–Kier alpha value is -3.52. The van der Waals surface area contributed by atoms with Gasteiger partial charge in [0.1, 0.15) is 5.82 Å². The minimum Gasteiger partial charge on any atom is -0.330 e. The van der Waals surface area contributed by atoms with Crippen LogP contribution in [0.1, 0.15) is 49.2 Å². The second-order valence-electron chi connectivity index (χ2n) is 7.24. The summed E-state index contributed by atoms with van der Waals surface area (Å²) >= 11 is 0. The molecule has 0 bridgehead atoms. The lowest BCUT2D eigenvalue weighted by Crippen LogP contribution is -2.32. The molecule has 1 atom stereocenters. The van der Waals surface area contributed by atoms with Crippen LogP contribution in [-0.4, -0.2) is 15.6 Å². The van der Waals surface area contributed by atoms with Crippen LogP contribution in [0.5, 0.6) is 0 Å². The fraction of sp³-hybridized carbons (Fsp3) is 0.250. The van der Waals surface area contributed by atoms with E-state index in [1.807, 2.05) is 67.0 Å². The molecule has 0 spiro atoms. The van der Waals surface area contributed by atoms with E-state index in [1.165, 1.54) is 0 Å². The zero-order valence-electron chi connectivity index (χ0n) is 16.8. The Morgan fingerprint density at radius 1 is 1.17 bits per heavy atom. The van der Waals surface area contributed by atoms with Crippen molar-refractivity contribution in [3.05, 3.63) is 83.9 Å². The lowest BCUT2D eigenvalue weighted by Gasteiger charge is -2.18. The van der Waals surface area contributed by atoms with E-state index in [1.54, 1.807) is 0 Å². The molecule has 0 saturated carbocycles. The highest BCUT2D eigenvalue weighted by Crippen LogP contribution is 2.18. The fourth-order valence-electron chi connectivity index (χ4n) is 3.28. The smallest absolute Gasteiger partial charge is 0.319 e. The lowest BCUT2D eigenvalue weighted by molar-refractivity contribution is 0.248. The zero-order valence-corrected chi connectivity index (χ0v) is 16.8. The number of anilines is 1. The minimum absolute atomic E-state index is 0.232. The Morgan fingerprint density at radius 3 is 2.69 bits per heavy atom. The highest BCUT2D eigenvalue weighted by atomic mass is 16.2. The predicted molar refractivity (Wildman–Crippen MR) is 117 cm³/mol. The molecule has 2 amide bonds. The van der Waals surface area contributed by atoms with E-state index in [2.05, 4.69) is 40.0 Å². The molecule has 2 aromatic carbocycles. The Labute approximate surface area is 172 Å². The maximum Gasteiger partial charge on any atom is 0.319 e. The molecule has 0 aliphatic rings. The van der Waals surface area contributed by atoms with Gasteiger partial charge in [0.05, 0.1) is 6.04 Å². The number of nitrogens with one attached hydrogen (secondary N) is 2. The first-order chi connectivity index (χ1) is 14.1. The van der Waals surface area contributed by atoms with E-state index < -0.39 is 0 Å². The Kier molecular flexibility index (Phi) is 6.70. The van der Waals surface area contributed by atoms with Crippen LogP contribution in [0.25, 0.3) is 0 Å². The normalized spacial score (nSPS) is 11.7. The van der Waals surface area contributed by atoms with Gasteiger partial charge in [0.15, 0.2) is 0 Å². The van der Waals surface area contributed by atoms with Crippen molar-refractivity contribution in [3.63, 3.8) is 0 Å². The molecule has 0 saturated heterocycles. The number of imidazole rings is 1. The largest absolute Gasteiger partial charge is 0.330 e. The quantitative estimate of drug-likeness (QED) is 0.565. The number of benzene rings is 2. The van der Waals surface area contributed by atoms with Gasteiger partial charge in [0.25, 0.3) is 0 Å². The number of urea groups is 1. The topological polar surface area (TPSA) is 59.0 Å². The van der Waals surface area contributed by atoms with Crippen molar-refractivity contribution in [3.8, 4) is 12.3 Å². The number of nitrogens with zero attached hydrogens (tertiary/aromatic N) is 2. The van der Waals surface area contributed by atoms with Gasteiger partial charge in [-0.15, -0.1) is 12.3 Å². The van der Waals surface area contributed by atoms with Crippen LogP contribution in [0.2, 0.25) is 0 Å². The van der Waals surface area contributed by atoms with Crippen LogP contribution < -0.4 is 10.6 Å². The number of carbonyl (C=O) groups is 1. The van der Waals surface area contributed by atoms with Crippen LogP contribution in [0.3, 0.4) is 0 Å². The van der Waals surface area contributed by atoms with Crippen LogP contribution in [0.4, 0.5) is 10.5 Å². The summed E-state index contributed by atoms with van der Waals surface area (Å²) in [5, 5.41) is 5.88. The fourth-order valence-corrected chi connectivity index (χ4v) is 3.28. The summed E-state index contributed by atoms with van der Waals surface area (Å²) in [6.07, 6.45) is 9.71. The van der Waals surface area contributed by atoms with Crippen molar-refractivity contribution >= 4 is 11.7 Å². The van der Waals surface area contributed by atoms with E-state index in [0.29, 0.717) is 18.9 Å². The van der Waals surface area contributed by atoms with Crippen molar-refractivity contribution in [2.45, 2.75) is 38.8 Å². The first kappa shape index (κ1) is 20.2. The maximum atomic E-state index is 12.5. The summed E-state index contributed by atoms with van der Waals surface area (Å²) in [4.78, 5) is 17.0. The average molecular weight is 386 g/mol. The SMILES string of the molecule is C#CC[C@@H](NC(=O)Nc1cccc(Cn2ccnc2C(C)C)c1)c1ccccc1. The molecule has 2 N–H and O–H groups in total. The Balaban J connectivity index is 1.67. The summed E-state index contributed by atoms with van der Waals surface area (Å²) in [5.41, 5.74) is 2.81. The van der Waals surface area contributed by atoms with Gasteiger partial charge in [0, 0.05) is 37.0 Å². The zero-order chi connectivity index (χ0) is 20.6.